The van der Waals surface area contributed by atoms with Gasteiger partial charge in [0.25, 0.3) is 0 Å². The molecule has 1 aromatic heterocycles. The van der Waals surface area contributed by atoms with Crippen LogP contribution in [0.1, 0.15) is 17.7 Å². The van der Waals surface area contributed by atoms with E-state index in [2.05, 4.69) is 16.8 Å². The highest BCUT2D eigenvalue weighted by Crippen LogP contribution is 2.16. The van der Waals surface area contributed by atoms with Crippen LogP contribution in [0.3, 0.4) is 0 Å². The third-order valence-electron chi connectivity index (χ3n) is 3.16. The minimum Gasteiger partial charge on any atom is -0.497 e. The lowest BCUT2D eigenvalue weighted by atomic mass is 10.2. The Morgan fingerprint density at radius 3 is 2.64 bits per heavy atom. The van der Waals surface area contributed by atoms with E-state index in [1.54, 1.807) is 18.4 Å². The lowest BCUT2D eigenvalue weighted by Crippen LogP contribution is -2.27. The van der Waals surface area contributed by atoms with E-state index in [1.165, 1.54) is 4.88 Å². The van der Waals surface area contributed by atoms with E-state index in [9.17, 15) is 4.79 Å². The summed E-state index contributed by atoms with van der Waals surface area (Å²) in [7, 11) is 1.63. The molecule has 0 aliphatic heterocycles. The van der Waals surface area contributed by atoms with Crippen molar-refractivity contribution in [2.24, 2.45) is 0 Å². The summed E-state index contributed by atoms with van der Waals surface area (Å²) in [4.78, 5) is 13.0. The average Bonchev–Trinajstić information content (AvgIpc) is 3.05. The van der Waals surface area contributed by atoms with E-state index in [0.29, 0.717) is 19.6 Å². The highest BCUT2D eigenvalue weighted by molar-refractivity contribution is 7.09. The Morgan fingerprint density at radius 2 is 1.95 bits per heavy atom. The number of hydrogen-bond acceptors (Lipinski definition) is 4. The zero-order valence-corrected chi connectivity index (χ0v) is 13.5. The first kappa shape index (κ1) is 16.4. The van der Waals surface area contributed by atoms with Crippen LogP contribution < -0.4 is 14.8 Å². The van der Waals surface area contributed by atoms with E-state index < -0.39 is 0 Å². The Kier molecular flexibility index (Phi) is 6.77. The molecule has 2 rings (SSSR count). The van der Waals surface area contributed by atoms with Crippen molar-refractivity contribution in [3.05, 3.63) is 46.7 Å². The van der Waals surface area contributed by atoms with Gasteiger partial charge in [-0.25, -0.2) is 0 Å². The normalized spacial score (nSPS) is 10.2. The van der Waals surface area contributed by atoms with Gasteiger partial charge >= 0.3 is 0 Å². The molecule has 0 radical (unpaired) electrons. The molecule has 1 heterocycles. The molecular formula is C17H21NO3S. The molecule has 5 heteroatoms. The highest BCUT2D eigenvalue weighted by atomic mass is 32.1. The SMILES string of the molecule is COc1ccc(OCCNC(=O)CCCc2cccs2)cc1. The third-order valence-corrected chi connectivity index (χ3v) is 4.10. The Balaban J connectivity index is 1.54. The van der Waals surface area contributed by atoms with Gasteiger partial charge in [-0.05, 0) is 48.6 Å². The van der Waals surface area contributed by atoms with Crippen LogP contribution in [-0.4, -0.2) is 26.2 Å². The van der Waals surface area contributed by atoms with Crippen LogP contribution in [0.2, 0.25) is 0 Å². The van der Waals surface area contributed by atoms with Crippen LogP contribution in [0.15, 0.2) is 41.8 Å². The topological polar surface area (TPSA) is 47.6 Å². The molecule has 0 unspecified atom stereocenters. The van der Waals surface area contributed by atoms with Crippen LogP contribution in [0.25, 0.3) is 0 Å². The maximum Gasteiger partial charge on any atom is 0.220 e. The maximum atomic E-state index is 11.7. The molecule has 2 aromatic rings. The van der Waals surface area contributed by atoms with Crippen molar-refractivity contribution < 1.29 is 14.3 Å². The molecule has 0 fully saturated rings. The molecule has 22 heavy (non-hydrogen) atoms. The van der Waals surface area contributed by atoms with Crippen LogP contribution in [0.4, 0.5) is 0 Å². The lowest BCUT2D eigenvalue weighted by Gasteiger charge is -2.08. The first-order valence-electron chi connectivity index (χ1n) is 7.34. The summed E-state index contributed by atoms with van der Waals surface area (Å²) in [6.07, 6.45) is 2.40. The summed E-state index contributed by atoms with van der Waals surface area (Å²) in [5.41, 5.74) is 0. The monoisotopic (exact) mass is 319 g/mol. The number of carbonyl (C=O) groups excluding carboxylic acids is 1. The van der Waals surface area contributed by atoms with Crippen LogP contribution >= 0.6 is 11.3 Å². The van der Waals surface area contributed by atoms with Crippen LogP contribution in [-0.2, 0) is 11.2 Å². The average molecular weight is 319 g/mol. The summed E-state index contributed by atoms with van der Waals surface area (Å²) in [6, 6.07) is 11.5. The number of ether oxygens (including phenoxy) is 2. The van der Waals surface area contributed by atoms with Gasteiger partial charge in [0.15, 0.2) is 0 Å². The summed E-state index contributed by atoms with van der Waals surface area (Å²) in [5, 5.41) is 4.93. The fourth-order valence-electron chi connectivity index (χ4n) is 2.00. The van der Waals surface area contributed by atoms with Crippen molar-refractivity contribution in [2.75, 3.05) is 20.3 Å². The molecule has 0 bridgehead atoms. The number of hydrogen-bond donors (Lipinski definition) is 1. The standard InChI is InChI=1S/C17H21NO3S/c1-20-14-7-9-15(10-8-14)21-12-11-18-17(19)6-2-4-16-5-3-13-22-16/h3,5,7-10,13H,2,4,6,11-12H2,1H3,(H,18,19). The van der Waals surface area contributed by atoms with Gasteiger partial charge in [-0.3, -0.25) is 4.79 Å². The number of amides is 1. The van der Waals surface area contributed by atoms with Crippen molar-refractivity contribution in [1.29, 1.82) is 0 Å². The summed E-state index contributed by atoms with van der Waals surface area (Å²) in [6.45, 7) is 0.979. The van der Waals surface area contributed by atoms with Gasteiger partial charge in [-0.15, -0.1) is 11.3 Å². The van der Waals surface area contributed by atoms with Crippen LogP contribution in [0, 0.1) is 0 Å². The van der Waals surface area contributed by atoms with Crippen molar-refractivity contribution in [3.63, 3.8) is 0 Å². The fourth-order valence-corrected chi connectivity index (χ4v) is 2.75. The number of aryl methyl sites for hydroxylation is 1. The fraction of sp³-hybridized carbons (Fsp3) is 0.353. The molecule has 0 aliphatic carbocycles. The van der Waals surface area contributed by atoms with Crippen molar-refractivity contribution in [2.45, 2.75) is 19.3 Å². The quantitative estimate of drug-likeness (QED) is 0.722. The molecular weight excluding hydrogens is 298 g/mol. The lowest BCUT2D eigenvalue weighted by molar-refractivity contribution is -0.121. The van der Waals surface area contributed by atoms with Gasteiger partial charge in [0, 0.05) is 11.3 Å². The second kappa shape index (κ2) is 9.10. The minimum absolute atomic E-state index is 0.0786. The maximum absolute atomic E-state index is 11.7. The summed E-state index contributed by atoms with van der Waals surface area (Å²) < 4.78 is 10.6. The molecule has 1 N–H and O–H groups in total. The molecule has 1 amide bonds. The first-order chi connectivity index (χ1) is 10.8. The second-order valence-electron chi connectivity index (χ2n) is 4.81. The predicted octanol–water partition coefficient (Wildman–Crippen LogP) is 3.27. The Labute approximate surface area is 135 Å². The molecule has 118 valence electrons. The van der Waals surface area contributed by atoms with E-state index in [-0.39, 0.29) is 5.91 Å². The second-order valence-corrected chi connectivity index (χ2v) is 5.84. The van der Waals surface area contributed by atoms with Crippen molar-refractivity contribution >= 4 is 17.2 Å². The number of methoxy groups -OCH3 is 1. The largest absolute Gasteiger partial charge is 0.497 e. The third kappa shape index (κ3) is 5.77. The van der Waals surface area contributed by atoms with Crippen molar-refractivity contribution in [3.8, 4) is 11.5 Å². The van der Waals surface area contributed by atoms with Crippen LogP contribution in [0.5, 0.6) is 11.5 Å². The van der Waals surface area contributed by atoms with Gasteiger partial charge in [-0.2, -0.15) is 0 Å². The van der Waals surface area contributed by atoms with E-state index in [1.807, 2.05) is 30.3 Å². The Hall–Kier alpha value is -2.01. The van der Waals surface area contributed by atoms with E-state index in [0.717, 1.165) is 24.3 Å². The van der Waals surface area contributed by atoms with E-state index in [4.69, 9.17) is 9.47 Å². The highest BCUT2D eigenvalue weighted by Gasteiger charge is 2.02. The van der Waals surface area contributed by atoms with Crippen molar-refractivity contribution in [1.82, 2.24) is 5.32 Å². The molecule has 1 aromatic carbocycles. The number of carbonyl (C=O) groups is 1. The number of nitrogens with one attached hydrogen (secondary N) is 1. The van der Waals surface area contributed by atoms with Gasteiger partial charge in [-0.1, -0.05) is 6.07 Å². The van der Waals surface area contributed by atoms with Gasteiger partial charge in [0.1, 0.15) is 18.1 Å². The molecule has 0 saturated heterocycles. The summed E-state index contributed by atoms with van der Waals surface area (Å²) in [5.74, 6) is 1.65. The molecule has 4 nitrogen and oxygen atoms in total. The molecule has 0 aliphatic rings. The molecule has 0 saturated carbocycles. The predicted molar refractivity (Wildman–Crippen MR) is 88.8 cm³/mol. The van der Waals surface area contributed by atoms with Gasteiger partial charge in [0.2, 0.25) is 5.91 Å². The first-order valence-corrected chi connectivity index (χ1v) is 8.22. The Morgan fingerprint density at radius 1 is 1.18 bits per heavy atom. The number of benzene rings is 1. The number of rotatable bonds is 9. The molecule has 0 atom stereocenters. The Bertz CT molecular complexity index is 552. The molecule has 0 spiro atoms. The zero-order valence-electron chi connectivity index (χ0n) is 12.7. The smallest absolute Gasteiger partial charge is 0.220 e. The van der Waals surface area contributed by atoms with E-state index >= 15 is 0 Å². The minimum atomic E-state index is 0.0786. The number of thiophene rings is 1. The van der Waals surface area contributed by atoms with Gasteiger partial charge < -0.3 is 14.8 Å². The van der Waals surface area contributed by atoms with Gasteiger partial charge in [0.05, 0.1) is 13.7 Å². The zero-order chi connectivity index (χ0) is 15.6. The summed E-state index contributed by atoms with van der Waals surface area (Å²) >= 11 is 1.74.